The molecule has 0 aliphatic rings. The monoisotopic (exact) mass is 246 g/mol. The molecular formula is C14H22N4. The smallest absolute Gasteiger partial charge is 0.159 e. The van der Waals surface area contributed by atoms with Crippen molar-refractivity contribution in [1.29, 1.82) is 0 Å². The number of nitrogens with zero attached hydrogens (tertiary/aromatic N) is 3. The zero-order chi connectivity index (χ0) is 13.2. The predicted octanol–water partition coefficient (Wildman–Crippen LogP) is 2.38. The number of hydrogen-bond donors (Lipinski definition) is 1. The fourth-order valence-corrected chi connectivity index (χ4v) is 2.08. The quantitative estimate of drug-likeness (QED) is 0.900. The summed E-state index contributed by atoms with van der Waals surface area (Å²) < 4.78 is 2.19. The van der Waals surface area contributed by atoms with Crippen molar-refractivity contribution < 1.29 is 0 Å². The van der Waals surface area contributed by atoms with Gasteiger partial charge < -0.3 is 9.88 Å². The van der Waals surface area contributed by atoms with Gasteiger partial charge in [0.05, 0.1) is 0 Å². The molecule has 0 aromatic carbocycles. The minimum Gasteiger partial charge on any atom is -0.313 e. The van der Waals surface area contributed by atoms with E-state index >= 15 is 0 Å². The molecule has 4 nitrogen and oxygen atoms in total. The van der Waals surface area contributed by atoms with E-state index < -0.39 is 0 Å². The maximum Gasteiger partial charge on any atom is 0.159 e. The van der Waals surface area contributed by atoms with Crippen molar-refractivity contribution in [2.45, 2.75) is 46.2 Å². The van der Waals surface area contributed by atoms with Gasteiger partial charge in [0.2, 0.25) is 0 Å². The molecule has 2 heterocycles. The third kappa shape index (κ3) is 2.88. The molecule has 0 radical (unpaired) electrons. The molecule has 2 rings (SSSR count). The van der Waals surface area contributed by atoms with E-state index in [0.29, 0.717) is 0 Å². The van der Waals surface area contributed by atoms with Gasteiger partial charge in [-0.3, -0.25) is 0 Å². The maximum absolute atomic E-state index is 4.66. The molecule has 0 bridgehead atoms. The van der Waals surface area contributed by atoms with E-state index in [0.717, 1.165) is 36.5 Å². The fourth-order valence-electron chi connectivity index (χ4n) is 2.08. The van der Waals surface area contributed by atoms with Gasteiger partial charge >= 0.3 is 0 Å². The molecule has 2 aromatic heterocycles. The second-order valence-corrected chi connectivity index (χ2v) is 5.55. The second kappa shape index (κ2) is 5.06. The van der Waals surface area contributed by atoms with Gasteiger partial charge in [-0.2, -0.15) is 0 Å². The SMILES string of the molecule is CCn1c(CCNC(C)(C)C)nc2cccnc21. The minimum absolute atomic E-state index is 0.154. The standard InChI is InChI=1S/C14H22N4/c1-5-18-12(8-10-16-14(2,3)4)17-11-7-6-9-15-13(11)18/h6-7,9,16H,5,8,10H2,1-4H3. The summed E-state index contributed by atoms with van der Waals surface area (Å²) in [5, 5.41) is 3.49. The predicted molar refractivity (Wildman–Crippen MR) is 74.7 cm³/mol. The highest BCUT2D eigenvalue weighted by Gasteiger charge is 2.12. The lowest BCUT2D eigenvalue weighted by Crippen LogP contribution is -2.37. The van der Waals surface area contributed by atoms with E-state index in [4.69, 9.17) is 0 Å². The van der Waals surface area contributed by atoms with Crippen LogP contribution in [0.5, 0.6) is 0 Å². The molecular weight excluding hydrogens is 224 g/mol. The largest absolute Gasteiger partial charge is 0.313 e. The minimum atomic E-state index is 0.154. The number of imidazole rings is 1. The van der Waals surface area contributed by atoms with Gasteiger partial charge in [0.1, 0.15) is 11.3 Å². The number of fused-ring (bicyclic) bond motifs is 1. The van der Waals surface area contributed by atoms with Crippen LogP contribution in [0.1, 0.15) is 33.5 Å². The average molecular weight is 246 g/mol. The van der Waals surface area contributed by atoms with Gasteiger partial charge in [-0.15, -0.1) is 0 Å². The summed E-state index contributed by atoms with van der Waals surface area (Å²) in [7, 11) is 0. The van der Waals surface area contributed by atoms with Crippen molar-refractivity contribution >= 4 is 11.2 Å². The van der Waals surface area contributed by atoms with Crippen molar-refractivity contribution in [2.75, 3.05) is 6.54 Å². The number of nitrogens with one attached hydrogen (secondary N) is 1. The third-order valence-corrected chi connectivity index (χ3v) is 2.90. The number of aromatic nitrogens is 3. The molecule has 1 N–H and O–H groups in total. The van der Waals surface area contributed by atoms with Crippen molar-refractivity contribution in [3.8, 4) is 0 Å². The number of aryl methyl sites for hydroxylation is 1. The fraction of sp³-hybridized carbons (Fsp3) is 0.571. The van der Waals surface area contributed by atoms with E-state index in [2.05, 4.69) is 47.5 Å². The summed E-state index contributed by atoms with van der Waals surface area (Å²) in [5.41, 5.74) is 2.14. The Morgan fingerprint density at radius 2 is 2.11 bits per heavy atom. The van der Waals surface area contributed by atoms with E-state index in [9.17, 15) is 0 Å². The van der Waals surface area contributed by atoms with Crippen molar-refractivity contribution in [3.05, 3.63) is 24.2 Å². The lowest BCUT2D eigenvalue weighted by Gasteiger charge is -2.20. The Morgan fingerprint density at radius 1 is 1.33 bits per heavy atom. The normalized spacial score (nSPS) is 12.2. The van der Waals surface area contributed by atoms with Crippen LogP contribution in [0.3, 0.4) is 0 Å². The number of rotatable bonds is 4. The molecule has 0 aliphatic heterocycles. The van der Waals surface area contributed by atoms with Gasteiger partial charge in [0.15, 0.2) is 5.65 Å². The summed E-state index contributed by atoms with van der Waals surface area (Å²) in [6, 6.07) is 3.96. The Labute approximate surface area is 108 Å². The average Bonchev–Trinajstić information content (AvgIpc) is 2.64. The van der Waals surface area contributed by atoms with Crippen molar-refractivity contribution in [2.24, 2.45) is 0 Å². The zero-order valence-corrected chi connectivity index (χ0v) is 11.7. The van der Waals surface area contributed by atoms with Crippen LogP contribution in [0.25, 0.3) is 11.2 Å². The van der Waals surface area contributed by atoms with Crippen LogP contribution in [0, 0.1) is 0 Å². The first-order valence-electron chi connectivity index (χ1n) is 6.56. The van der Waals surface area contributed by atoms with Gasteiger partial charge in [-0.05, 0) is 39.8 Å². The summed E-state index contributed by atoms with van der Waals surface area (Å²) in [6.45, 7) is 10.5. The molecule has 0 unspecified atom stereocenters. The van der Waals surface area contributed by atoms with Gasteiger partial charge in [0, 0.05) is 31.2 Å². The van der Waals surface area contributed by atoms with Crippen LogP contribution < -0.4 is 5.32 Å². The molecule has 0 aliphatic carbocycles. The zero-order valence-electron chi connectivity index (χ0n) is 11.7. The first-order chi connectivity index (χ1) is 8.51. The van der Waals surface area contributed by atoms with Crippen molar-refractivity contribution in [1.82, 2.24) is 19.9 Å². The van der Waals surface area contributed by atoms with E-state index in [1.54, 1.807) is 0 Å². The lowest BCUT2D eigenvalue weighted by atomic mass is 10.1. The highest BCUT2D eigenvalue weighted by molar-refractivity contribution is 5.71. The summed E-state index contributed by atoms with van der Waals surface area (Å²) in [4.78, 5) is 9.07. The Kier molecular flexibility index (Phi) is 3.66. The lowest BCUT2D eigenvalue weighted by molar-refractivity contribution is 0.425. The van der Waals surface area contributed by atoms with Crippen LogP contribution in [0.4, 0.5) is 0 Å². The molecule has 4 heteroatoms. The molecule has 0 saturated heterocycles. The van der Waals surface area contributed by atoms with Gasteiger partial charge in [-0.25, -0.2) is 9.97 Å². The third-order valence-electron chi connectivity index (χ3n) is 2.90. The Bertz CT molecular complexity index is 522. The van der Waals surface area contributed by atoms with Crippen LogP contribution in [-0.4, -0.2) is 26.6 Å². The van der Waals surface area contributed by atoms with Gasteiger partial charge in [0.25, 0.3) is 0 Å². The molecule has 0 atom stereocenters. The maximum atomic E-state index is 4.66. The number of pyridine rings is 1. The topological polar surface area (TPSA) is 42.7 Å². The molecule has 2 aromatic rings. The van der Waals surface area contributed by atoms with Crippen LogP contribution in [-0.2, 0) is 13.0 Å². The van der Waals surface area contributed by atoms with Crippen LogP contribution in [0.2, 0.25) is 0 Å². The Morgan fingerprint density at radius 3 is 2.78 bits per heavy atom. The first-order valence-corrected chi connectivity index (χ1v) is 6.56. The highest BCUT2D eigenvalue weighted by Crippen LogP contribution is 2.13. The molecule has 98 valence electrons. The molecule has 18 heavy (non-hydrogen) atoms. The number of hydrogen-bond acceptors (Lipinski definition) is 3. The summed E-state index contributed by atoms with van der Waals surface area (Å²) >= 11 is 0. The Hall–Kier alpha value is -1.42. The second-order valence-electron chi connectivity index (χ2n) is 5.55. The molecule has 0 saturated carbocycles. The summed E-state index contributed by atoms with van der Waals surface area (Å²) in [5.74, 6) is 1.11. The van der Waals surface area contributed by atoms with E-state index in [-0.39, 0.29) is 5.54 Å². The first kappa shape index (κ1) is 13.0. The van der Waals surface area contributed by atoms with E-state index in [1.165, 1.54) is 0 Å². The Balaban J connectivity index is 2.17. The van der Waals surface area contributed by atoms with Crippen molar-refractivity contribution in [3.63, 3.8) is 0 Å². The molecule has 0 fully saturated rings. The van der Waals surface area contributed by atoms with Crippen LogP contribution >= 0.6 is 0 Å². The summed E-state index contributed by atoms with van der Waals surface area (Å²) in [6.07, 6.45) is 2.76. The van der Waals surface area contributed by atoms with E-state index in [1.807, 2.05) is 18.3 Å². The van der Waals surface area contributed by atoms with Gasteiger partial charge in [-0.1, -0.05) is 0 Å². The molecule has 0 spiro atoms. The molecule has 0 amide bonds. The highest BCUT2D eigenvalue weighted by atomic mass is 15.1. The van der Waals surface area contributed by atoms with Crippen LogP contribution in [0.15, 0.2) is 18.3 Å².